The van der Waals surface area contributed by atoms with E-state index < -0.39 is 0 Å². The monoisotopic (exact) mass is 251 g/mol. The molecule has 1 aromatic carbocycles. The highest BCUT2D eigenvalue weighted by Crippen LogP contribution is 2.24. The minimum atomic E-state index is 0.159. The van der Waals surface area contributed by atoms with Gasteiger partial charge in [-0.05, 0) is 36.6 Å². The van der Waals surface area contributed by atoms with Gasteiger partial charge in [-0.3, -0.25) is 9.78 Å². The van der Waals surface area contributed by atoms with Crippen LogP contribution in [0.4, 0.5) is 0 Å². The molecule has 0 fully saturated rings. The standard InChI is InChI=1S/C17H17NO/c19-17(13-7-3-1-2-4-8-13)16-12-18-11-14-9-5-6-10-15(14)16/h5-7,9-12H,1-4,8H2. The maximum absolute atomic E-state index is 12.7. The van der Waals surface area contributed by atoms with Crippen LogP contribution in [0.1, 0.15) is 42.5 Å². The highest BCUT2D eigenvalue weighted by molar-refractivity contribution is 6.15. The lowest BCUT2D eigenvalue weighted by Gasteiger charge is -2.07. The van der Waals surface area contributed by atoms with Crippen molar-refractivity contribution in [3.8, 4) is 0 Å². The third kappa shape index (κ3) is 2.43. The molecule has 1 aliphatic carbocycles. The topological polar surface area (TPSA) is 30.0 Å². The smallest absolute Gasteiger partial charge is 0.190 e. The first-order valence-electron chi connectivity index (χ1n) is 6.93. The number of allylic oxidation sites excluding steroid dienone is 2. The molecule has 0 saturated carbocycles. The number of nitrogens with zero attached hydrogens (tertiary/aromatic N) is 1. The van der Waals surface area contributed by atoms with Crippen LogP contribution in [0.15, 0.2) is 48.3 Å². The number of rotatable bonds is 2. The Morgan fingerprint density at radius 2 is 1.95 bits per heavy atom. The zero-order chi connectivity index (χ0) is 13.1. The molecule has 0 bridgehead atoms. The third-order valence-electron chi connectivity index (χ3n) is 3.75. The molecule has 0 radical (unpaired) electrons. The van der Waals surface area contributed by atoms with E-state index in [9.17, 15) is 4.79 Å². The molecule has 0 unspecified atom stereocenters. The second kappa shape index (κ2) is 5.35. The van der Waals surface area contributed by atoms with Crippen molar-refractivity contribution < 1.29 is 4.79 Å². The average Bonchev–Trinajstić information content (AvgIpc) is 2.75. The van der Waals surface area contributed by atoms with Gasteiger partial charge in [0.25, 0.3) is 0 Å². The first-order valence-corrected chi connectivity index (χ1v) is 6.93. The van der Waals surface area contributed by atoms with E-state index >= 15 is 0 Å². The third-order valence-corrected chi connectivity index (χ3v) is 3.75. The molecule has 2 heteroatoms. The summed E-state index contributed by atoms with van der Waals surface area (Å²) >= 11 is 0. The molecule has 0 aliphatic heterocycles. The summed E-state index contributed by atoms with van der Waals surface area (Å²) in [6.07, 6.45) is 11.1. The van der Waals surface area contributed by atoms with Crippen LogP contribution in [0.3, 0.4) is 0 Å². The van der Waals surface area contributed by atoms with E-state index in [0.717, 1.165) is 41.2 Å². The van der Waals surface area contributed by atoms with Crippen LogP contribution >= 0.6 is 0 Å². The number of ketones is 1. The van der Waals surface area contributed by atoms with Crippen LogP contribution in [-0.2, 0) is 0 Å². The van der Waals surface area contributed by atoms with Crippen LogP contribution in [0.25, 0.3) is 10.8 Å². The van der Waals surface area contributed by atoms with Crippen molar-refractivity contribution in [2.24, 2.45) is 0 Å². The molecular weight excluding hydrogens is 234 g/mol. The van der Waals surface area contributed by atoms with E-state index in [4.69, 9.17) is 0 Å². The van der Waals surface area contributed by atoms with E-state index in [0.29, 0.717) is 0 Å². The lowest BCUT2D eigenvalue weighted by atomic mass is 9.97. The Hall–Kier alpha value is -1.96. The van der Waals surface area contributed by atoms with Gasteiger partial charge >= 0.3 is 0 Å². The van der Waals surface area contributed by atoms with Gasteiger partial charge < -0.3 is 0 Å². The molecule has 96 valence electrons. The molecule has 1 aliphatic rings. The Bertz CT molecular complexity index is 637. The lowest BCUT2D eigenvalue weighted by Crippen LogP contribution is -2.04. The van der Waals surface area contributed by atoms with Crippen LogP contribution in [0.2, 0.25) is 0 Å². The summed E-state index contributed by atoms with van der Waals surface area (Å²) in [5.41, 5.74) is 1.71. The summed E-state index contributed by atoms with van der Waals surface area (Å²) in [6, 6.07) is 7.95. The summed E-state index contributed by atoms with van der Waals surface area (Å²) in [4.78, 5) is 16.9. The van der Waals surface area contributed by atoms with Crippen LogP contribution in [0, 0.1) is 0 Å². The van der Waals surface area contributed by atoms with Crippen LogP contribution in [-0.4, -0.2) is 10.8 Å². The summed E-state index contributed by atoms with van der Waals surface area (Å²) in [7, 11) is 0. The molecule has 0 N–H and O–H groups in total. The molecule has 3 rings (SSSR count). The Morgan fingerprint density at radius 3 is 2.89 bits per heavy atom. The molecule has 2 nitrogen and oxygen atoms in total. The van der Waals surface area contributed by atoms with Gasteiger partial charge in [-0.15, -0.1) is 0 Å². The minimum Gasteiger partial charge on any atom is -0.289 e. The number of hydrogen-bond donors (Lipinski definition) is 0. The molecule has 1 heterocycles. The normalized spacial score (nSPS) is 15.9. The van der Waals surface area contributed by atoms with Crippen molar-refractivity contribution in [3.63, 3.8) is 0 Å². The van der Waals surface area contributed by atoms with Crippen molar-refractivity contribution in [1.82, 2.24) is 4.98 Å². The van der Waals surface area contributed by atoms with Crippen molar-refractivity contribution >= 4 is 16.6 Å². The highest BCUT2D eigenvalue weighted by Gasteiger charge is 2.16. The SMILES string of the molecule is O=C(C1=CCCCCC1)c1cncc2ccccc12. The zero-order valence-electron chi connectivity index (χ0n) is 10.9. The lowest BCUT2D eigenvalue weighted by molar-refractivity contribution is 0.103. The maximum atomic E-state index is 12.7. The predicted octanol–water partition coefficient (Wildman–Crippen LogP) is 4.31. The van der Waals surface area contributed by atoms with E-state index in [1.165, 1.54) is 12.8 Å². The fourth-order valence-electron chi connectivity index (χ4n) is 2.69. The summed E-state index contributed by atoms with van der Waals surface area (Å²) < 4.78 is 0. The largest absolute Gasteiger partial charge is 0.289 e. The van der Waals surface area contributed by atoms with Crippen molar-refractivity contribution in [1.29, 1.82) is 0 Å². The van der Waals surface area contributed by atoms with Gasteiger partial charge in [0.2, 0.25) is 0 Å². The highest BCUT2D eigenvalue weighted by atomic mass is 16.1. The Morgan fingerprint density at radius 1 is 1.05 bits per heavy atom. The Balaban J connectivity index is 2.04. The number of pyridine rings is 1. The number of benzene rings is 1. The second-order valence-electron chi connectivity index (χ2n) is 5.07. The first kappa shape index (κ1) is 12.1. The van der Waals surface area contributed by atoms with E-state index in [-0.39, 0.29) is 5.78 Å². The Labute approximate surface area is 113 Å². The molecule has 0 atom stereocenters. The number of carbonyl (C=O) groups is 1. The molecule has 1 aromatic heterocycles. The summed E-state index contributed by atoms with van der Waals surface area (Å²) in [6.45, 7) is 0. The molecule has 19 heavy (non-hydrogen) atoms. The summed E-state index contributed by atoms with van der Waals surface area (Å²) in [5.74, 6) is 0.159. The number of hydrogen-bond acceptors (Lipinski definition) is 2. The number of carbonyl (C=O) groups excluding carboxylic acids is 1. The van der Waals surface area contributed by atoms with Gasteiger partial charge in [0, 0.05) is 23.3 Å². The van der Waals surface area contributed by atoms with E-state index in [2.05, 4.69) is 11.1 Å². The molecular formula is C17H17NO. The fourth-order valence-corrected chi connectivity index (χ4v) is 2.69. The van der Waals surface area contributed by atoms with Crippen LogP contribution in [0.5, 0.6) is 0 Å². The number of fused-ring (bicyclic) bond motifs is 1. The number of Topliss-reactive ketones (excluding diaryl/α,β-unsaturated/α-hetero) is 1. The molecule has 0 saturated heterocycles. The van der Waals surface area contributed by atoms with Gasteiger partial charge in [-0.2, -0.15) is 0 Å². The average molecular weight is 251 g/mol. The van der Waals surface area contributed by atoms with Crippen molar-refractivity contribution in [2.75, 3.05) is 0 Å². The first-order chi connectivity index (χ1) is 9.36. The zero-order valence-corrected chi connectivity index (χ0v) is 10.9. The minimum absolute atomic E-state index is 0.159. The predicted molar refractivity (Wildman–Crippen MR) is 77.2 cm³/mol. The number of aromatic nitrogens is 1. The van der Waals surface area contributed by atoms with E-state index in [1.54, 1.807) is 6.20 Å². The Kier molecular flexibility index (Phi) is 3.41. The fraction of sp³-hybridized carbons (Fsp3) is 0.294. The van der Waals surface area contributed by atoms with Gasteiger partial charge in [-0.25, -0.2) is 0 Å². The van der Waals surface area contributed by atoms with Crippen molar-refractivity contribution in [3.05, 3.63) is 53.9 Å². The van der Waals surface area contributed by atoms with Gasteiger partial charge in [0.05, 0.1) is 0 Å². The van der Waals surface area contributed by atoms with Gasteiger partial charge in [0.15, 0.2) is 5.78 Å². The van der Waals surface area contributed by atoms with Crippen molar-refractivity contribution in [2.45, 2.75) is 32.1 Å². The van der Waals surface area contributed by atoms with Gasteiger partial charge in [-0.1, -0.05) is 36.8 Å². The molecule has 0 spiro atoms. The second-order valence-corrected chi connectivity index (χ2v) is 5.07. The molecule has 0 amide bonds. The summed E-state index contributed by atoms with van der Waals surface area (Å²) in [5, 5.41) is 2.04. The van der Waals surface area contributed by atoms with Crippen LogP contribution < -0.4 is 0 Å². The van der Waals surface area contributed by atoms with E-state index in [1.807, 2.05) is 30.5 Å². The quantitative estimate of drug-likeness (QED) is 0.744. The maximum Gasteiger partial charge on any atom is 0.190 e. The van der Waals surface area contributed by atoms with Gasteiger partial charge in [0.1, 0.15) is 0 Å². The molecule has 2 aromatic rings.